The average molecular weight is 289 g/mol. The number of carbonyl (C=O) groups excluding carboxylic acids is 1. The molecule has 21 heavy (non-hydrogen) atoms. The summed E-state index contributed by atoms with van der Waals surface area (Å²) < 4.78 is 5.90. The van der Waals surface area contributed by atoms with Crippen LogP contribution in [0, 0.1) is 0 Å². The molecule has 0 saturated carbocycles. The van der Waals surface area contributed by atoms with E-state index in [0.717, 1.165) is 44.5 Å². The van der Waals surface area contributed by atoms with Gasteiger partial charge in [0, 0.05) is 37.4 Å². The lowest BCUT2D eigenvalue weighted by Crippen LogP contribution is -2.37. The van der Waals surface area contributed by atoms with Crippen molar-refractivity contribution in [3.8, 4) is 0 Å². The van der Waals surface area contributed by atoms with E-state index in [2.05, 4.69) is 24.0 Å². The quantitative estimate of drug-likeness (QED) is 0.560. The van der Waals surface area contributed by atoms with Gasteiger partial charge in [0.2, 0.25) is 0 Å². The molecule has 1 saturated heterocycles. The third-order valence-electron chi connectivity index (χ3n) is 4.17. The van der Waals surface area contributed by atoms with Crippen molar-refractivity contribution in [2.24, 2.45) is 0 Å². The van der Waals surface area contributed by atoms with Crippen molar-refractivity contribution in [1.29, 1.82) is 0 Å². The zero-order valence-electron chi connectivity index (χ0n) is 13.3. The first-order chi connectivity index (χ1) is 10.2. The van der Waals surface area contributed by atoms with Crippen LogP contribution in [-0.2, 0) is 4.74 Å². The number of rotatable bonds is 7. The number of hydrogen-bond acceptors (Lipinski definition) is 3. The minimum atomic E-state index is 0.213. The number of benzene rings is 1. The van der Waals surface area contributed by atoms with Crippen LogP contribution < -0.4 is 4.90 Å². The Bertz CT molecular complexity index is 433. The Balaban J connectivity index is 1.83. The fourth-order valence-corrected chi connectivity index (χ4v) is 2.74. The van der Waals surface area contributed by atoms with Gasteiger partial charge in [-0.1, -0.05) is 20.3 Å². The zero-order chi connectivity index (χ0) is 15.1. The zero-order valence-corrected chi connectivity index (χ0v) is 13.3. The van der Waals surface area contributed by atoms with Crippen LogP contribution in [0.4, 0.5) is 5.69 Å². The fraction of sp³-hybridized carbons (Fsp3) is 0.611. The summed E-state index contributed by atoms with van der Waals surface area (Å²) in [5.41, 5.74) is 2.04. The lowest BCUT2D eigenvalue weighted by atomic mass is 10.0. The van der Waals surface area contributed by atoms with E-state index in [1.54, 1.807) is 0 Å². The Morgan fingerprint density at radius 3 is 2.43 bits per heavy atom. The van der Waals surface area contributed by atoms with Gasteiger partial charge >= 0.3 is 0 Å². The molecule has 0 atom stereocenters. The number of Topliss-reactive ketones (excluding diaryl/α,β-unsaturated/α-hetero) is 1. The van der Waals surface area contributed by atoms with Crippen LogP contribution in [0.3, 0.4) is 0 Å². The predicted molar refractivity (Wildman–Crippen MR) is 87.2 cm³/mol. The Kier molecular flexibility index (Phi) is 6.24. The Hall–Kier alpha value is -1.35. The molecule has 0 amide bonds. The summed E-state index contributed by atoms with van der Waals surface area (Å²) in [7, 11) is 0. The summed E-state index contributed by atoms with van der Waals surface area (Å²) in [6.07, 6.45) is 5.54. The molecule has 0 bridgehead atoms. The molecule has 1 aromatic rings. The minimum absolute atomic E-state index is 0.213. The molecule has 0 unspecified atom stereocenters. The monoisotopic (exact) mass is 289 g/mol. The first kappa shape index (κ1) is 16.0. The second-order valence-corrected chi connectivity index (χ2v) is 5.73. The van der Waals surface area contributed by atoms with Crippen LogP contribution in [0.25, 0.3) is 0 Å². The van der Waals surface area contributed by atoms with Crippen molar-refractivity contribution in [1.82, 2.24) is 0 Å². The van der Waals surface area contributed by atoms with Gasteiger partial charge in [-0.2, -0.15) is 0 Å². The van der Waals surface area contributed by atoms with Gasteiger partial charge in [-0.15, -0.1) is 0 Å². The third-order valence-corrected chi connectivity index (χ3v) is 4.17. The number of ether oxygens (including phenoxy) is 1. The highest BCUT2D eigenvalue weighted by molar-refractivity contribution is 5.96. The van der Waals surface area contributed by atoms with E-state index in [1.165, 1.54) is 12.1 Å². The van der Waals surface area contributed by atoms with Crippen molar-refractivity contribution < 1.29 is 9.53 Å². The molecule has 1 fully saturated rings. The summed E-state index contributed by atoms with van der Waals surface area (Å²) >= 11 is 0. The van der Waals surface area contributed by atoms with Crippen molar-refractivity contribution in [3.05, 3.63) is 29.8 Å². The van der Waals surface area contributed by atoms with Crippen molar-refractivity contribution in [3.63, 3.8) is 0 Å². The van der Waals surface area contributed by atoms with Crippen LogP contribution in [0.15, 0.2) is 24.3 Å². The van der Waals surface area contributed by atoms with Crippen LogP contribution in [0.2, 0.25) is 0 Å². The van der Waals surface area contributed by atoms with E-state index in [4.69, 9.17) is 4.74 Å². The Morgan fingerprint density at radius 1 is 1.19 bits per heavy atom. The Labute approximate surface area is 128 Å². The average Bonchev–Trinajstić information content (AvgIpc) is 2.55. The predicted octanol–water partition coefficient (Wildman–Crippen LogP) is 4.06. The molecule has 0 aliphatic carbocycles. The molecule has 0 aromatic heterocycles. The van der Waals surface area contributed by atoms with Crippen LogP contribution in [-0.4, -0.2) is 31.6 Å². The van der Waals surface area contributed by atoms with E-state index in [0.29, 0.717) is 12.5 Å². The lowest BCUT2D eigenvalue weighted by molar-refractivity contribution is 0.0354. The smallest absolute Gasteiger partial charge is 0.162 e. The molecule has 0 N–H and O–H groups in total. The fourth-order valence-electron chi connectivity index (χ4n) is 2.74. The summed E-state index contributed by atoms with van der Waals surface area (Å²) in [4.78, 5) is 14.0. The van der Waals surface area contributed by atoms with Gasteiger partial charge < -0.3 is 9.64 Å². The molecule has 1 heterocycles. The summed E-state index contributed by atoms with van der Waals surface area (Å²) in [5, 5.41) is 0. The molecular weight excluding hydrogens is 262 g/mol. The largest absolute Gasteiger partial charge is 0.378 e. The highest BCUT2D eigenvalue weighted by atomic mass is 16.5. The number of piperidine rings is 1. The van der Waals surface area contributed by atoms with Gasteiger partial charge in [-0.05, 0) is 43.5 Å². The maximum absolute atomic E-state index is 11.6. The number of unbranched alkanes of at least 4 members (excludes halogenated alkanes) is 1. The molecule has 3 nitrogen and oxygen atoms in total. The highest BCUT2D eigenvalue weighted by Crippen LogP contribution is 2.22. The van der Waals surface area contributed by atoms with Gasteiger partial charge in [-0.25, -0.2) is 0 Å². The first-order valence-electron chi connectivity index (χ1n) is 8.24. The third kappa shape index (κ3) is 4.57. The summed E-state index contributed by atoms with van der Waals surface area (Å²) in [5.74, 6) is 0.213. The number of ketones is 1. The van der Waals surface area contributed by atoms with Gasteiger partial charge in [0.15, 0.2) is 5.78 Å². The van der Waals surface area contributed by atoms with Gasteiger partial charge in [0.05, 0.1) is 6.10 Å². The molecule has 1 aliphatic rings. The minimum Gasteiger partial charge on any atom is -0.378 e. The van der Waals surface area contributed by atoms with Gasteiger partial charge in [-0.3, -0.25) is 4.79 Å². The van der Waals surface area contributed by atoms with Crippen LogP contribution >= 0.6 is 0 Å². The SMILES string of the molecule is CCCCOC1CCN(c2ccc(C(=O)CC)cc2)CC1. The molecule has 1 aromatic carbocycles. The van der Waals surface area contributed by atoms with Crippen molar-refractivity contribution >= 4 is 11.5 Å². The van der Waals surface area contributed by atoms with Gasteiger partial charge in [0.1, 0.15) is 0 Å². The summed E-state index contributed by atoms with van der Waals surface area (Å²) in [6.45, 7) is 7.07. The van der Waals surface area contributed by atoms with E-state index >= 15 is 0 Å². The van der Waals surface area contributed by atoms with Crippen molar-refractivity contribution in [2.75, 3.05) is 24.6 Å². The maximum atomic E-state index is 11.6. The number of nitrogens with zero attached hydrogens (tertiary/aromatic N) is 1. The number of hydrogen-bond donors (Lipinski definition) is 0. The highest BCUT2D eigenvalue weighted by Gasteiger charge is 2.19. The maximum Gasteiger partial charge on any atom is 0.162 e. The molecule has 3 heteroatoms. The van der Waals surface area contributed by atoms with Crippen LogP contribution in [0.5, 0.6) is 0 Å². The summed E-state index contributed by atoms with van der Waals surface area (Å²) in [6, 6.07) is 8.04. The molecular formula is C18H27NO2. The van der Waals surface area contributed by atoms with E-state index in [1.807, 2.05) is 19.1 Å². The van der Waals surface area contributed by atoms with E-state index in [9.17, 15) is 4.79 Å². The second kappa shape index (κ2) is 8.18. The molecule has 116 valence electrons. The number of carbonyl (C=O) groups is 1. The topological polar surface area (TPSA) is 29.5 Å². The van der Waals surface area contributed by atoms with Crippen molar-refractivity contribution in [2.45, 2.75) is 52.1 Å². The molecule has 1 aliphatic heterocycles. The van der Waals surface area contributed by atoms with E-state index < -0.39 is 0 Å². The Morgan fingerprint density at radius 2 is 1.86 bits per heavy atom. The van der Waals surface area contributed by atoms with Crippen LogP contribution in [0.1, 0.15) is 56.3 Å². The molecule has 0 spiro atoms. The van der Waals surface area contributed by atoms with Gasteiger partial charge in [0.25, 0.3) is 0 Å². The standard InChI is InChI=1S/C18H27NO2/c1-3-5-14-21-17-10-12-19(13-11-17)16-8-6-15(7-9-16)18(20)4-2/h6-9,17H,3-5,10-14H2,1-2H3. The first-order valence-corrected chi connectivity index (χ1v) is 8.24. The normalized spacial score (nSPS) is 16.2. The molecule has 2 rings (SSSR count). The van der Waals surface area contributed by atoms with E-state index in [-0.39, 0.29) is 5.78 Å². The number of anilines is 1. The lowest BCUT2D eigenvalue weighted by Gasteiger charge is -2.33. The molecule has 0 radical (unpaired) electrons. The second-order valence-electron chi connectivity index (χ2n) is 5.73.